The van der Waals surface area contributed by atoms with Gasteiger partial charge in [-0.05, 0) is 16.3 Å². The lowest BCUT2D eigenvalue weighted by molar-refractivity contribution is 0.327. The summed E-state index contributed by atoms with van der Waals surface area (Å²) in [5, 5.41) is 6.16. The van der Waals surface area contributed by atoms with E-state index in [1.807, 2.05) is 0 Å². The van der Waals surface area contributed by atoms with E-state index in [0.29, 0.717) is 6.17 Å². The van der Waals surface area contributed by atoms with Gasteiger partial charge in [-0.2, -0.15) is 0 Å². The fourth-order valence-corrected chi connectivity index (χ4v) is 2.61. The lowest BCUT2D eigenvalue weighted by atomic mass is 10.0. The molecule has 0 aliphatic carbocycles. The molecule has 1 saturated heterocycles. The molecule has 1 atom stereocenters. The molecule has 18 heavy (non-hydrogen) atoms. The van der Waals surface area contributed by atoms with E-state index in [9.17, 15) is 0 Å². The average Bonchev–Trinajstić information content (AvgIpc) is 2.71. The molecule has 1 unspecified atom stereocenters. The normalized spacial score (nSPS) is 19.7. The second kappa shape index (κ2) is 4.46. The maximum absolute atomic E-state index is 4.05. The Hall–Kier alpha value is -1.80. The Labute approximate surface area is 108 Å². The van der Waals surface area contributed by atoms with Gasteiger partial charge >= 0.3 is 0 Å². The van der Waals surface area contributed by atoms with Crippen molar-refractivity contribution in [2.75, 3.05) is 13.6 Å². The van der Waals surface area contributed by atoms with Gasteiger partial charge in [0, 0.05) is 25.7 Å². The quantitative estimate of drug-likeness (QED) is 0.865. The topological polar surface area (TPSA) is 15.3 Å². The molecule has 0 bridgehead atoms. The van der Waals surface area contributed by atoms with Gasteiger partial charge in [-0.3, -0.25) is 5.32 Å². The predicted octanol–water partition coefficient (Wildman–Crippen LogP) is 2.76. The second-order valence-electron chi connectivity index (χ2n) is 4.92. The molecule has 2 nitrogen and oxygen atoms in total. The third-order valence-electron chi connectivity index (χ3n) is 3.80. The SMILES string of the molecule is C=C1CNC(Cc2cccc3ccccc23)N1C. The summed E-state index contributed by atoms with van der Waals surface area (Å²) in [6.45, 7) is 4.95. The number of nitrogens with zero attached hydrogens (tertiary/aromatic N) is 1. The molecule has 0 radical (unpaired) electrons. The molecule has 0 saturated carbocycles. The van der Waals surface area contributed by atoms with Crippen LogP contribution in [0.2, 0.25) is 0 Å². The van der Waals surface area contributed by atoms with Crippen LogP contribution in [0.3, 0.4) is 0 Å². The van der Waals surface area contributed by atoms with E-state index in [-0.39, 0.29) is 0 Å². The first-order valence-corrected chi connectivity index (χ1v) is 6.36. The zero-order valence-corrected chi connectivity index (χ0v) is 10.7. The molecular weight excluding hydrogens is 220 g/mol. The van der Waals surface area contributed by atoms with Crippen LogP contribution in [0.1, 0.15) is 5.56 Å². The van der Waals surface area contributed by atoms with Crippen molar-refractivity contribution >= 4 is 10.8 Å². The highest BCUT2D eigenvalue weighted by atomic mass is 15.3. The maximum atomic E-state index is 4.05. The standard InChI is InChI=1S/C16H18N2/c1-12-11-17-16(18(12)2)10-14-8-5-7-13-6-3-4-9-15(13)14/h3-9,16-17H,1,10-11H2,2H3. The van der Waals surface area contributed by atoms with Gasteiger partial charge in [-0.1, -0.05) is 49.0 Å². The first kappa shape index (κ1) is 11.3. The van der Waals surface area contributed by atoms with E-state index in [1.165, 1.54) is 22.0 Å². The fraction of sp³-hybridized carbons (Fsp3) is 0.250. The Bertz CT molecular complexity index is 583. The summed E-state index contributed by atoms with van der Waals surface area (Å²) in [4.78, 5) is 2.24. The molecular formula is C16H18N2. The number of hydrogen-bond acceptors (Lipinski definition) is 2. The number of nitrogens with one attached hydrogen (secondary N) is 1. The van der Waals surface area contributed by atoms with Crippen LogP contribution >= 0.6 is 0 Å². The highest BCUT2D eigenvalue weighted by Crippen LogP contribution is 2.22. The highest BCUT2D eigenvalue weighted by Gasteiger charge is 2.22. The van der Waals surface area contributed by atoms with E-state index >= 15 is 0 Å². The van der Waals surface area contributed by atoms with Gasteiger partial charge in [0.2, 0.25) is 0 Å². The van der Waals surface area contributed by atoms with E-state index in [4.69, 9.17) is 0 Å². The van der Waals surface area contributed by atoms with E-state index in [1.54, 1.807) is 0 Å². The largest absolute Gasteiger partial charge is 0.361 e. The van der Waals surface area contributed by atoms with Gasteiger partial charge < -0.3 is 4.90 Å². The maximum Gasteiger partial charge on any atom is 0.0833 e. The second-order valence-corrected chi connectivity index (χ2v) is 4.92. The van der Waals surface area contributed by atoms with E-state index in [0.717, 1.165) is 13.0 Å². The van der Waals surface area contributed by atoms with Gasteiger partial charge in [-0.25, -0.2) is 0 Å². The van der Waals surface area contributed by atoms with E-state index in [2.05, 4.69) is 66.3 Å². The van der Waals surface area contributed by atoms with Crippen LogP contribution in [0.4, 0.5) is 0 Å². The summed E-state index contributed by atoms with van der Waals surface area (Å²) in [6.07, 6.45) is 1.37. The zero-order chi connectivity index (χ0) is 12.5. The van der Waals surface area contributed by atoms with Crippen molar-refractivity contribution in [3.8, 4) is 0 Å². The summed E-state index contributed by atoms with van der Waals surface area (Å²) in [5.74, 6) is 0. The van der Waals surface area contributed by atoms with Crippen molar-refractivity contribution in [2.45, 2.75) is 12.6 Å². The van der Waals surface area contributed by atoms with Gasteiger partial charge in [0.15, 0.2) is 0 Å². The van der Waals surface area contributed by atoms with Gasteiger partial charge in [0.25, 0.3) is 0 Å². The Morgan fingerprint density at radius 3 is 2.78 bits per heavy atom. The summed E-state index contributed by atoms with van der Waals surface area (Å²) >= 11 is 0. The molecule has 0 aromatic heterocycles. The Morgan fingerprint density at radius 2 is 2.00 bits per heavy atom. The number of rotatable bonds is 2. The van der Waals surface area contributed by atoms with Crippen molar-refractivity contribution in [3.63, 3.8) is 0 Å². The van der Waals surface area contributed by atoms with Crippen LogP contribution in [0.5, 0.6) is 0 Å². The Kier molecular flexibility index (Phi) is 2.80. The molecule has 1 heterocycles. The number of fused-ring (bicyclic) bond motifs is 1. The molecule has 92 valence electrons. The summed E-state index contributed by atoms with van der Waals surface area (Å²) < 4.78 is 0. The first-order valence-electron chi connectivity index (χ1n) is 6.36. The van der Waals surface area contributed by atoms with Gasteiger partial charge in [0.1, 0.15) is 0 Å². The molecule has 2 aromatic rings. The van der Waals surface area contributed by atoms with Crippen LogP contribution in [0.15, 0.2) is 54.7 Å². The average molecular weight is 238 g/mol. The number of likely N-dealkylation sites (N-methyl/N-ethyl adjacent to an activating group) is 1. The van der Waals surface area contributed by atoms with Crippen LogP contribution < -0.4 is 5.32 Å². The van der Waals surface area contributed by atoms with Crippen molar-refractivity contribution < 1.29 is 0 Å². The predicted molar refractivity (Wildman–Crippen MR) is 76.3 cm³/mol. The minimum atomic E-state index is 0.364. The molecule has 3 rings (SSSR count). The molecule has 0 amide bonds. The molecule has 1 fully saturated rings. The molecule has 1 N–H and O–H groups in total. The lowest BCUT2D eigenvalue weighted by Crippen LogP contribution is -2.34. The third-order valence-corrected chi connectivity index (χ3v) is 3.80. The van der Waals surface area contributed by atoms with Crippen LogP contribution in [-0.2, 0) is 6.42 Å². The number of hydrogen-bond donors (Lipinski definition) is 1. The zero-order valence-electron chi connectivity index (χ0n) is 10.7. The van der Waals surface area contributed by atoms with Crippen molar-refractivity contribution in [1.29, 1.82) is 0 Å². The van der Waals surface area contributed by atoms with Crippen LogP contribution in [0, 0.1) is 0 Å². The summed E-state index contributed by atoms with van der Waals surface area (Å²) in [7, 11) is 2.11. The highest BCUT2D eigenvalue weighted by molar-refractivity contribution is 5.85. The van der Waals surface area contributed by atoms with Gasteiger partial charge in [-0.15, -0.1) is 0 Å². The lowest BCUT2D eigenvalue weighted by Gasteiger charge is -2.22. The first-order chi connectivity index (χ1) is 8.75. The molecule has 2 heteroatoms. The van der Waals surface area contributed by atoms with Crippen molar-refractivity contribution in [1.82, 2.24) is 10.2 Å². The monoisotopic (exact) mass is 238 g/mol. The van der Waals surface area contributed by atoms with E-state index < -0.39 is 0 Å². The third kappa shape index (κ3) is 1.89. The smallest absolute Gasteiger partial charge is 0.0833 e. The summed E-state index contributed by atoms with van der Waals surface area (Å²) in [5.41, 5.74) is 2.56. The summed E-state index contributed by atoms with van der Waals surface area (Å²) in [6, 6.07) is 15.1. The minimum Gasteiger partial charge on any atom is -0.361 e. The minimum absolute atomic E-state index is 0.364. The van der Waals surface area contributed by atoms with Crippen LogP contribution in [-0.4, -0.2) is 24.7 Å². The van der Waals surface area contributed by atoms with Gasteiger partial charge in [0.05, 0.1) is 6.17 Å². The van der Waals surface area contributed by atoms with Crippen LogP contribution in [0.25, 0.3) is 10.8 Å². The molecule has 1 aliphatic rings. The Morgan fingerprint density at radius 1 is 1.22 bits per heavy atom. The van der Waals surface area contributed by atoms with Crippen molar-refractivity contribution in [3.05, 3.63) is 60.3 Å². The van der Waals surface area contributed by atoms with Crippen molar-refractivity contribution in [2.24, 2.45) is 0 Å². The Balaban J connectivity index is 1.93. The fourth-order valence-electron chi connectivity index (χ4n) is 2.61. The molecule has 2 aromatic carbocycles. The molecule has 0 spiro atoms. The number of benzene rings is 2. The molecule has 1 aliphatic heterocycles.